The molecule has 1 aromatic rings. The molecule has 0 aliphatic carbocycles. The first-order chi connectivity index (χ1) is 9.72. The van der Waals surface area contributed by atoms with Gasteiger partial charge in [-0.3, -0.25) is 9.89 Å². The van der Waals surface area contributed by atoms with Crippen molar-refractivity contribution in [2.75, 3.05) is 54.0 Å². The summed E-state index contributed by atoms with van der Waals surface area (Å²) in [6.45, 7) is 4.50. The lowest BCUT2D eigenvalue weighted by molar-refractivity contribution is 0.0176. The highest BCUT2D eigenvalue weighted by molar-refractivity contribution is 7.10. The van der Waals surface area contributed by atoms with E-state index in [4.69, 9.17) is 4.74 Å². The van der Waals surface area contributed by atoms with Crippen LogP contribution in [0, 0.1) is 0 Å². The molecule has 2 rings (SSSR count). The van der Waals surface area contributed by atoms with Gasteiger partial charge in [0.05, 0.1) is 19.3 Å². The van der Waals surface area contributed by atoms with Crippen molar-refractivity contribution in [1.82, 2.24) is 15.1 Å². The smallest absolute Gasteiger partial charge is 0.193 e. The minimum atomic E-state index is 0.385. The fourth-order valence-corrected chi connectivity index (χ4v) is 3.27. The molecule has 20 heavy (non-hydrogen) atoms. The molecule has 0 saturated carbocycles. The Labute approximate surface area is 125 Å². The van der Waals surface area contributed by atoms with Crippen molar-refractivity contribution < 1.29 is 4.74 Å². The van der Waals surface area contributed by atoms with Crippen LogP contribution < -0.4 is 5.32 Å². The largest absolute Gasteiger partial charge is 0.379 e. The molecule has 1 N–H and O–H groups in total. The van der Waals surface area contributed by atoms with Crippen molar-refractivity contribution in [3.8, 4) is 0 Å². The second-order valence-corrected chi connectivity index (χ2v) is 5.98. The Morgan fingerprint density at radius 3 is 2.80 bits per heavy atom. The molecule has 0 aromatic carbocycles. The maximum Gasteiger partial charge on any atom is 0.193 e. The summed E-state index contributed by atoms with van der Waals surface area (Å²) in [4.78, 5) is 10.2. The van der Waals surface area contributed by atoms with Gasteiger partial charge in [0, 0.05) is 45.7 Å². The van der Waals surface area contributed by atoms with Crippen molar-refractivity contribution in [2.24, 2.45) is 4.99 Å². The number of nitrogens with zero attached hydrogens (tertiary/aromatic N) is 3. The van der Waals surface area contributed by atoms with Crippen LogP contribution in [0.25, 0.3) is 0 Å². The van der Waals surface area contributed by atoms with Gasteiger partial charge in [-0.25, -0.2) is 0 Å². The summed E-state index contributed by atoms with van der Waals surface area (Å²) in [7, 11) is 5.83. The maximum atomic E-state index is 5.46. The van der Waals surface area contributed by atoms with Gasteiger partial charge in [0.2, 0.25) is 0 Å². The molecule has 1 aliphatic rings. The van der Waals surface area contributed by atoms with Crippen molar-refractivity contribution in [3.63, 3.8) is 0 Å². The zero-order chi connectivity index (χ0) is 14.4. The minimum absolute atomic E-state index is 0.385. The summed E-state index contributed by atoms with van der Waals surface area (Å²) >= 11 is 1.82. The molecule has 0 bridgehead atoms. The maximum absolute atomic E-state index is 5.46. The van der Waals surface area contributed by atoms with E-state index in [1.807, 2.05) is 37.4 Å². The van der Waals surface area contributed by atoms with Crippen LogP contribution in [0.4, 0.5) is 0 Å². The van der Waals surface area contributed by atoms with E-state index in [-0.39, 0.29) is 0 Å². The van der Waals surface area contributed by atoms with Gasteiger partial charge in [0.1, 0.15) is 0 Å². The molecule has 1 fully saturated rings. The second kappa shape index (κ2) is 7.61. The van der Waals surface area contributed by atoms with Crippen molar-refractivity contribution in [3.05, 3.63) is 22.4 Å². The number of hydrogen-bond donors (Lipinski definition) is 1. The third-order valence-corrected chi connectivity index (χ3v) is 4.42. The van der Waals surface area contributed by atoms with E-state index in [0.717, 1.165) is 38.8 Å². The Morgan fingerprint density at radius 2 is 2.25 bits per heavy atom. The Balaban J connectivity index is 2.03. The molecule has 1 aliphatic heterocycles. The zero-order valence-electron chi connectivity index (χ0n) is 12.5. The van der Waals surface area contributed by atoms with Gasteiger partial charge in [-0.15, -0.1) is 11.3 Å². The summed E-state index contributed by atoms with van der Waals surface area (Å²) in [5.41, 5.74) is 0. The van der Waals surface area contributed by atoms with E-state index >= 15 is 0 Å². The highest BCUT2D eigenvalue weighted by Crippen LogP contribution is 2.25. The first-order valence-corrected chi connectivity index (χ1v) is 7.83. The standard InChI is InChI=1S/C14H24N4OS/c1-15-14(17(2)3)16-11-12(13-5-4-10-20-13)18-6-8-19-9-7-18/h4-5,10,12H,6-9,11H2,1-3H3,(H,15,16). The van der Waals surface area contributed by atoms with E-state index in [2.05, 4.69) is 32.7 Å². The molecular weight excluding hydrogens is 272 g/mol. The number of ether oxygens (including phenoxy) is 1. The summed E-state index contributed by atoms with van der Waals surface area (Å²) in [6, 6.07) is 4.72. The molecule has 112 valence electrons. The Kier molecular flexibility index (Phi) is 5.82. The normalized spacial score (nSPS) is 18.9. The van der Waals surface area contributed by atoms with Crippen molar-refractivity contribution in [1.29, 1.82) is 0 Å². The van der Waals surface area contributed by atoms with Crippen molar-refractivity contribution in [2.45, 2.75) is 6.04 Å². The molecule has 0 amide bonds. The predicted molar refractivity (Wildman–Crippen MR) is 84.5 cm³/mol. The van der Waals surface area contributed by atoms with Gasteiger partial charge in [-0.2, -0.15) is 0 Å². The number of thiophene rings is 1. The van der Waals surface area contributed by atoms with Crippen LogP contribution >= 0.6 is 11.3 Å². The number of rotatable bonds is 4. The Hall–Kier alpha value is -1.11. The average molecular weight is 296 g/mol. The van der Waals surface area contributed by atoms with Crippen LogP contribution in [-0.2, 0) is 4.74 Å². The van der Waals surface area contributed by atoms with Gasteiger partial charge >= 0.3 is 0 Å². The zero-order valence-corrected chi connectivity index (χ0v) is 13.3. The monoisotopic (exact) mass is 296 g/mol. The lowest BCUT2D eigenvalue weighted by Gasteiger charge is -2.34. The van der Waals surface area contributed by atoms with E-state index in [0.29, 0.717) is 6.04 Å². The average Bonchev–Trinajstić information content (AvgIpc) is 2.98. The van der Waals surface area contributed by atoms with Gasteiger partial charge < -0.3 is 15.0 Å². The first-order valence-electron chi connectivity index (χ1n) is 6.95. The van der Waals surface area contributed by atoms with Crippen LogP contribution in [-0.4, -0.2) is 69.8 Å². The topological polar surface area (TPSA) is 40.1 Å². The highest BCUT2D eigenvalue weighted by atomic mass is 32.1. The molecule has 1 unspecified atom stereocenters. The molecule has 6 heteroatoms. The SMILES string of the molecule is CN=C(NCC(c1cccs1)N1CCOCC1)N(C)C. The fraction of sp³-hybridized carbons (Fsp3) is 0.643. The summed E-state index contributed by atoms with van der Waals surface area (Å²) in [5, 5.41) is 5.60. The van der Waals surface area contributed by atoms with Crippen LogP contribution in [0.15, 0.2) is 22.5 Å². The fourth-order valence-electron chi connectivity index (χ4n) is 2.40. The van der Waals surface area contributed by atoms with Gasteiger partial charge in [-0.1, -0.05) is 6.07 Å². The summed E-state index contributed by atoms with van der Waals surface area (Å²) < 4.78 is 5.46. The van der Waals surface area contributed by atoms with Crippen LogP contribution in [0.1, 0.15) is 10.9 Å². The van der Waals surface area contributed by atoms with Crippen LogP contribution in [0.3, 0.4) is 0 Å². The number of morpholine rings is 1. The molecule has 1 atom stereocenters. The number of guanidine groups is 1. The summed E-state index contributed by atoms with van der Waals surface area (Å²) in [6.07, 6.45) is 0. The quantitative estimate of drug-likeness (QED) is 0.671. The molecular formula is C14H24N4OS. The second-order valence-electron chi connectivity index (χ2n) is 5.00. The summed E-state index contributed by atoms with van der Waals surface area (Å²) in [5.74, 6) is 0.916. The molecule has 0 radical (unpaired) electrons. The van der Waals surface area contributed by atoms with Crippen LogP contribution in [0.5, 0.6) is 0 Å². The van der Waals surface area contributed by atoms with E-state index < -0.39 is 0 Å². The van der Waals surface area contributed by atoms with E-state index in [1.54, 1.807) is 0 Å². The molecule has 2 heterocycles. The molecule has 5 nitrogen and oxygen atoms in total. The van der Waals surface area contributed by atoms with Gasteiger partial charge in [0.15, 0.2) is 5.96 Å². The molecule has 1 aromatic heterocycles. The third kappa shape index (κ3) is 3.94. The predicted octanol–water partition coefficient (Wildman–Crippen LogP) is 1.26. The Morgan fingerprint density at radius 1 is 1.50 bits per heavy atom. The molecule has 0 spiro atoms. The lowest BCUT2D eigenvalue weighted by Crippen LogP contribution is -2.45. The highest BCUT2D eigenvalue weighted by Gasteiger charge is 2.23. The third-order valence-electron chi connectivity index (χ3n) is 3.45. The number of nitrogens with one attached hydrogen (secondary N) is 1. The van der Waals surface area contributed by atoms with Gasteiger partial charge in [-0.05, 0) is 11.4 Å². The van der Waals surface area contributed by atoms with Crippen LogP contribution in [0.2, 0.25) is 0 Å². The van der Waals surface area contributed by atoms with E-state index in [9.17, 15) is 0 Å². The first kappa shape index (κ1) is 15.3. The van der Waals surface area contributed by atoms with Gasteiger partial charge in [0.25, 0.3) is 0 Å². The van der Waals surface area contributed by atoms with E-state index in [1.165, 1.54) is 4.88 Å². The minimum Gasteiger partial charge on any atom is -0.379 e. The number of aliphatic imine (C=N–C) groups is 1. The number of hydrogen-bond acceptors (Lipinski definition) is 4. The Bertz CT molecular complexity index is 413. The molecule has 1 saturated heterocycles. The lowest BCUT2D eigenvalue weighted by atomic mass is 10.2. The van der Waals surface area contributed by atoms with Crippen molar-refractivity contribution >= 4 is 17.3 Å².